The summed E-state index contributed by atoms with van der Waals surface area (Å²) in [4.78, 5) is 63.8. The van der Waals surface area contributed by atoms with Gasteiger partial charge in [0.2, 0.25) is 17.7 Å². The number of carbonyl (C=O) groups is 5. The summed E-state index contributed by atoms with van der Waals surface area (Å²) in [5.74, 6) is -2.75. The van der Waals surface area contributed by atoms with Crippen LogP contribution in [0.5, 0.6) is 0 Å². The minimum absolute atomic E-state index is 0.0220. The van der Waals surface area contributed by atoms with E-state index in [0.29, 0.717) is 145 Å². The zero-order chi connectivity index (χ0) is 50.8. The number of benzene rings is 2. The van der Waals surface area contributed by atoms with E-state index < -0.39 is 39.8 Å². The molecule has 2 aliphatic rings. The predicted octanol–water partition coefficient (Wildman–Crippen LogP) is 2.48. The summed E-state index contributed by atoms with van der Waals surface area (Å²) < 4.78 is 89.6. The molecule has 0 saturated carbocycles. The van der Waals surface area contributed by atoms with Gasteiger partial charge in [0.25, 0.3) is 21.9 Å². The number of nitrogens with zero attached hydrogens (tertiary/aromatic N) is 1. The van der Waals surface area contributed by atoms with E-state index in [4.69, 9.17) is 56.3 Å². The number of hydrogen-bond acceptors (Lipinski definition) is 19. The molecule has 2 N–H and O–H groups in total. The molecule has 23 heteroatoms. The molecule has 0 aliphatic carbocycles. The third-order valence-electron chi connectivity index (χ3n) is 10.4. The lowest BCUT2D eigenvalue weighted by Gasteiger charge is -2.27. The van der Waals surface area contributed by atoms with Crippen LogP contribution in [-0.4, -0.2) is 201 Å². The third-order valence-corrected chi connectivity index (χ3v) is 11.8. The van der Waals surface area contributed by atoms with Crippen molar-refractivity contribution in [2.24, 2.45) is 0 Å². The maximum Gasteiger partial charge on any atom is 0.297 e. The Bertz CT molecular complexity index is 1990. The van der Waals surface area contributed by atoms with E-state index >= 15 is 0 Å². The maximum atomic E-state index is 13.2. The van der Waals surface area contributed by atoms with Crippen LogP contribution in [0, 0.1) is 6.92 Å². The molecule has 22 nitrogen and oxygen atoms in total. The first kappa shape index (κ1) is 59.2. The summed E-state index contributed by atoms with van der Waals surface area (Å²) in [6.45, 7) is 11.0. The molecular weight excluding hydrogens is 955 g/mol. The minimum Gasteiger partial charge on any atom is -0.379 e. The fraction of sp³-hybridized carbons (Fsp3) is 0.646. The number of amides is 5. The van der Waals surface area contributed by atoms with Gasteiger partial charge >= 0.3 is 0 Å². The lowest BCUT2D eigenvalue weighted by Crippen LogP contribution is -2.54. The van der Waals surface area contributed by atoms with Gasteiger partial charge in [0.15, 0.2) is 0 Å². The van der Waals surface area contributed by atoms with Gasteiger partial charge in [-0.2, -0.15) is 8.42 Å². The van der Waals surface area contributed by atoms with Crippen LogP contribution < -0.4 is 10.6 Å². The molecule has 2 aromatic carbocycles. The molecule has 0 spiro atoms. The van der Waals surface area contributed by atoms with Crippen molar-refractivity contribution in [1.82, 2.24) is 10.2 Å². The second kappa shape index (κ2) is 35.7. The fourth-order valence-corrected chi connectivity index (χ4v) is 7.67. The van der Waals surface area contributed by atoms with Gasteiger partial charge in [-0.15, -0.1) is 0 Å². The normalized spacial score (nSPS) is 14.9. The highest BCUT2D eigenvalue weighted by atomic mass is 32.2. The summed E-state index contributed by atoms with van der Waals surface area (Å²) in [5.41, 5.74) is 1.33. The van der Waals surface area contributed by atoms with Crippen LogP contribution in [0.1, 0.15) is 64.8 Å². The van der Waals surface area contributed by atoms with E-state index in [1.165, 1.54) is 18.2 Å². The van der Waals surface area contributed by atoms with Crippen molar-refractivity contribution < 1.29 is 88.7 Å². The highest BCUT2D eigenvalue weighted by Gasteiger charge is 2.45. The van der Waals surface area contributed by atoms with Crippen LogP contribution in [-0.2, 0) is 80.8 Å². The molecule has 71 heavy (non-hydrogen) atoms. The summed E-state index contributed by atoms with van der Waals surface area (Å²) in [6, 6.07) is 9.96. The molecule has 4 rings (SSSR count). The molecule has 5 amide bonds. The van der Waals surface area contributed by atoms with Gasteiger partial charge in [0.1, 0.15) is 6.04 Å². The van der Waals surface area contributed by atoms with Gasteiger partial charge in [-0.05, 0) is 50.5 Å². The monoisotopic (exact) mass is 1030 g/mol. The van der Waals surface area contributed by atoms with Gasteiger partial charge in [0.05, 0.1) is 167 Å². The van der Waals surface area contributed by atoms with Crippen LogP contribution in [0.4, 0.5) is 5.69 Å². The van der Waals surface area contributed by atoms with Gasteiger partial charge in [0, 0.05) is 19.4 Å². The second-order valence-electron chi connectivity index (χ2n) is 15.9. The summed E-state index contributed by atoms with van der Waals surface area (Å²) in [6.07, 6.45) is 2.40. The Morgan fingerprint density at radius 1 is 0.563 bits per heavy atom. The van der Waals surface area contributed by atoms with Crippen LogP contribution in [0.15, 0.2) is 47.4 Å². The summed E-state index contributed by atoms with van der Waals surface area (Å²) >= 11 is 0. The standard InChI is InChI=1S/C48H71N3O19S/c1-38-9-11-39(12-10-38)71(57,58)70-37-36-69-35-34-68-33-32-67-31-30-66-29-28-65-27-26-64-25-24-63-23-22-62-21-20-61-19-18-60-17-16-59-15-4-2-3-8-43(52)49-41-7-5-6-40-45(41)48(56)51(47(40)55)42-13-14-44(53)50-46(42)54/h5-7,9-12,42H,2-4,8,13-37H2,1H3,(H,49,52)(H,50,53,54). The van der Waals surface area contributed by atoms with Crippen molar-refractivity contribution in [3.8, 4) is 0 Å². The van der Waals surface area contributed by atoms with E-state index in [9.17, 15) is 32.4 Å². The molecule has 1 saturated heterocycles. The number of carbonyl (C=O) groups excluding carboxylic acids is 5. The largest absolute Gasteiger partial charge is 0.379 e. The highest BCUT2D eigenvalue weighted by Crippen LogP contribution is 2.32. The number of unbranched alkanes of at least 4 members (excludes halogenated alkanes) is 2. The van der Waals surface area contributed by atoms with E-state index in [2.05, 4.69) is 10.6 Å². The van der Waals surface area contributed by atoms with Gasteiger partial charge in [-0.1, -0.05) is 30.2 Å². The van der Waals surface area contributed by atoms with E-state index in [0.717, 1.165) is 23.3 Å². The highest BCUT2D eigenvalue weighted by molar-refractivity contribution is 7.86. The number of piperidine rings is 1. The third kappa shape index (κ3) is 23.8. The van der Waals surface area contributed by atoms with Crippen molar-refractivity contribution in [2.75, 3.05) is 157 Å². The predicted molar refractivity (Wildman–Crippen MR) is 254 cm³/mol. The Morgan fingerprint density at radius 3 is 1.45 bits per heavy atom. The van der Waals surface area contributed by atoms with Crippen LogP contribution in [0.2, 0.25) is 0 Å². The molecule has 0 bridgehead atoms. The zero-order valence-corrected chi connectivity index (χ0v) is 41.6. The Hall–Kier alpha value is -4.34. The molecule has 2 aliphatic heterocycles. The summed E-state index contributed by atoms with van der Waals surface area (Å²) in [5, 5.41) is 4.90. The van der Waals surface area contributed by atoms with Crippen LogP contribution >= 0.6 is 0 Å². The second-order valence-corrected chi connectivity index (χ2v) is 17.5. The number of rotatable bonds is 43. The van der Waals surface area contributed by atoms with Crippen molar-refractivity contribution in [3.05, 3.63) is 59.2 Å². The molecule has 1 fully saturated rings. The Morgan fingerprint density at radius 2 is 1.00 bits per heavy atom. The fourth-order valence-electron chi connectivity index (χ4n) is 6.78. The average Bonchev–Trinajstić information content (AvgIpc) is 3.60. The van der Waals surface area contributed by atoms with Crippen LogP contribution in [0.25, 0.3) is 0 Å². The molecular formula is C48H71N3O19S. The number of ether oxygens (including phenoxy) is 11. The van der Waals surface area contributed by atoms with Crippen molar-refractivity contribution in [3.63, 3.8) is 0 Å². The number of hydrogen-bond donors (Lipinski definition) is 2. The molecule has 1 atom stereocenters. The first-order chi connectivity index (χ1) is 34.6. The van der Waals surface area contributed by atoms with Gasteiger partial charge in [-0.25, -0.2) is 0 Å². The average molecular weight is 1030 g/mol. The molecule has 2 aromatic rings. The number of fused-ring (bicyclic) bond motifs is 1. The van der Waals surface area contributed by atoms with Gasteiger partial charge in [-0.3, -0.25) is 38.4 Å². The molecule has 2 heterocycles. The summed E-state index contributed by atoms with van der Waals surface area (Å²) in [7, 11) is -3.79. The zero-order valence-electron chi connectivity index (χ0n) is 40.7. The maximum absolute atomic E-state index is 13.2. The Balaban J connectivity index is 0.793. The first-order valence-corrected chi connectivity index (χ1v) is 25.4. The van der Waals surface area contributed by atoms with Gasteiger partial charge < -0.3 is 57.4 Å². The lowest BCUT2D eigenvalue weighted by atomic mass is 10.0. The smallest absolute Gasteiger partial charge is 0.297 e. The number of anilines is 1. The van der Waals surface area contributed by atoms with E-state index in [1.54, 1.807) is 24.3 Å². The van der Waals surface area contributed by atoms with E-state index in [-0.39, 0.29) is 60.1 Å². The lowest BCUT2D eigenvalue weighted by molar-refractivity contribution is -0.136. The van der Waals surface area contributed by atoms with E-state index in [1.807, 2.05) is 6.92 Å². The minimum atomic E-state index is -3.79. The number of imide groups is 2. The molecule has 0 aromatic heterocycles. The van der Waals surface area contributed by atoms with Crippen molar-refractivity contribution in [2.45, 2.75) is 56.4 Å². The Kier molecular flexibility index (Phi) is 29.8. The molecule has 0 radical (unpaired) electrons. The van der Waals surface area contributed by atoms with Crippen molar-refractivity contribution >= 4 is 45.3 Å². The quantitative estimate of drug-likeness (QED) is 0.0549. The molecule has 1 unspecified atom stereocenters. The SMILES string of the molecule is Cc1ccc(S(=O)(=O)OCCOCCOCCOCCOCCOCCOCCOCCOCCOCCOCCOCCCCCC(=O)Nc2cccc3c2C(=O)N(C2CCC(=O)NC2=O)C3=O)cc1. The molecule has 398 valence electrons. The number of nitrogens with one attached hydrogen (secondary N) is 2. The topological polar surface area (TPSA) is 258 Å². The Labute approximate surface area is 415 Å². The number of aryl methyl sites for hydroxylation is 1. The first-order valence-electron chi connectivity index (χ1n) is 24.0. The van der Waals surface area contributed by atoms with Crippen LogP contribution in [0.3, 0.4) is 0 Å². The van der Waals surface area contributed by atoms with Crippen molar-refractivity contribution in [1.29, 1.82) is 0 Å².